The third-order valence-electron chi connectivity index (χ3n) is 3.07. The number of methoxy groups -OCH3 is 1. The highest BCUT2D eigenvalue weighted by Gasteiger charge is 2.02. The van der Waals surface area contributed by atoms with Crippen LogP contribution in [-0.2, 0) is 0 Å². The van der Waals surface area contributed by atoms with Gasteiger partial charge in [0.05, 0.1) is 17.0 Å². The maximum absolute atomic E-state index is 9.26. The first-order valence-corrected chi connectivity index (χ1v) is 8.61. The fourth-order valence-corrected chi connectivity index (χ4v) is 3.89. The molecule has 3 rings (SSSR count). The van der Waals surface area contributed by atoms with E-state index in [0.717, 1.165) is 16.3 Å². The SMILES string of the molecule is COc1ccc(Sc2ccc(C=Nc3ccc(O)cc3)s2)cc1. The summed E-state index contributed by atoms with van der Waals surface area (Å²) < 4.78 is 6.38. The standard InChI is InChI=1S/C18H15NO2S2/c1-21-15-6-8-16(9-7-15)22-18-11-10-17(23-18)12-19-13-2-4-14(20)5-3-13/h2-12,20H,1H3. The molecule has 0 aliphatic heterocycles. The average Bonchev–Trinajstić information content (AvgIpc) is 3.02. The molecule has 1 aromatic heterocycles. The molecule has 0 radical (unpaired) electrons. The number of rotatable bonds is 5. The number of hydrogen-bond acceptors (Lipinski definition) is 5. The van der Waals surface area contributed by atoms with Crippen molar-refractivity contribution < 1.29 is 9.84 Å². The molecule has 5 heteroatoms. The van der Waals surface area contributed by atoms with Crippen LogP contribution in [0.3, 0.4) is 0 Å². The van der Waals surface area contributed by atoms with Crippen LogP contribution in [0.4, 0.5) is 5.69 Å². The molecule has 116 valence electrons. The Bertz CT molecular complexity index is 793. The third kappa shape index (κ3) is 4.37. The van der Waals surface area contributed by atoms with E-state index in [0.29, 0.717) is 0 Å². The molecule has 0 amide bonds. The van der Waals surface area contributed by atoms with E-state index in [1.54, 1.807) is 54.5 Å². The van der Waals surface area contributed by atoms with Gasteiger partial charge in [-0.2, -0.15) is 0 Å². The zero-order valence-corrected chi connectivity index (χ0v) is 14.1. The molecule has 0 bridgehead atoms. The Morgan fingerprint density at radius 3 is 2.43 bits per heavy atom. The van der Waals surface area contributed by atoms with Crippen molar-refractivity contribution in [3.05, 3.63) is 65.5 Å². The zero-order chi connectivity index (χ0) is 16.1. The molecule has 1 heterocycles. The molecule has 1 N–H and O–H groups in total. The number of benzene rings is 2. The lowest BCUT2D eigenvalue weighted by Crippen LogP contribution is -1.80. The summed E-state index contributed by atoms with van der Waals surface area (Å²) in [6.07, 6.45) is 1.84. The summed E-state index contributed by atoms with van der Waals surface area (Å²) in [4.78, 5) is 6.68. The molecule has 0 aliphatic rings. The van der Waals surface area contributed by atoms with Crippen LogP contribution in [0.2, 0.25) is 0 Å². The monoisotopic (exact) mass is 341 g/mol. The predicted octanol–water partition coefficient (Wildman–Crippen LogP) is 5.36. The van der Waals surface area contributed by atoms with Gasteiger partial charge in [-0.05, 0) is 60.7 Å². The summed E-state index contributed by atoms with van der Waals surface area (Å²) in [7, 11) is 1.67. The summed E-state index contributed by atoms with van der Waals surface area (Å²) in [5.41, 5.74) is 0.820. The first-order valence-electron chi connectivity index (χ1n) is 6.98. The lowest BCUT2D eigenvalue weighted by Gasteiger charge is -2.01. The summed E-state index contributed by atoms with van der Waals surface area (Å²) in [5.74, 6) is 1.11. The summed E-state index contributed by atoms with van der Waals surface area (Å²) in [5, 5.41) is 9.26. The number of phenols is 1. The maximum Gasteiger partial charge on any atom is 0.118 e. The molecular formula is C18H15NO2S2. The van der Waals surface area contributed by atoms with Crippen molar-refractivity contribution in [2.75, 3.05) is 7.11 Å². The molecule has 3 nitrogen and oxygen atoms in total. The second-order valence-corrected chi connectivity index (χ2v) is 7.20. The van der Waals surface area contributed by atoms with Crippen LogP contribution in [0.5, 0.6) is 11.5 Å². The number of phenolic OH excluding ortho intramolecular Hbond substituents is 1. The van der Waals surface area contributed by atoms with Gasteiger partial charge < -0.3 is 9.84 Å². The fraction of sp³-hybridized carbons (Fsp3) is 0.0556. The highest BCUT2D eigenvalue weighted by Crippen LogP contribution is 2.33. The van der Waals surface area contributed by atoms with Crippen molar-refractivity contribution in [1.29, 1.82) is 0 Å². The van der Waals surface area contributed by atoms with Gasteiger partial charge in [0.25, 0.3) is 0 Å². The van der Waals surface area contributed by atoms with Crippen LogP contribution in [0.25, 0.3) is 0 Å². The molecule has 23 heavy (non-hydrogen) atoms. The first kappa shape index (κ1) is 15.6. The van der Waals surface area contributed by atoms with E-state index in [-0.39, 0.29) is 5.75 Å². The topological polar surface area (TPSA) is 41.8 Å². The van der Waals surface area contributed by atoms with E-state index in [9.17, 15) is 5.11 Å². The first-order chi connectivity index (χ1) is 11.2. The van der Waals surface area contributed by atoms with Crippen molar-refractivity contribution in [3.63, 3.8) is 0 Å². The Kier molecular flexibility index (Phi) is 5.00. The Labute approximate surface area is 143 Å². The number of hydrogen-bond donors (Lipinski definition) is 1. The highest BCUT2D eigenvalue weighted by atomic mass is 32.2. The van der Waals surface area contributed by atoms with Crippen LogP contribution >= 0.6 is 23.1 Å². The Balaban J connectivity index is 1.66. The normalized spacial score (nSPS) is 11.0. The minimum atomic E-state index is 0.248. The summed E-state index contributed by atoms with van der Waals surface area (Å²) in [6.45, 7) is 0. The third-order valence-corrected chi connectivity index (χ3v) is 5.23. The molecule has 0 saturated heterocycles. The largest absolute Gasteiger partial charge is 0.508 e. The average molecular weight is 341 g/mol. The van der Waals surface area contributed by atoms with Gasteiger partial charge in [-0.3, -0.25) is 4.99 Å². The molecule has 3 aromatic rings. The number of aromatic hydroxyl groups is 1. The van der Waals surface area contributed by atoms with Gasteiger partial charge in [0.2, 0.25) is 0 Å². The van der Waals surface area contributed by atoms with Gasteiger partial charge >= 0.3 is 0 Å². The number of thiophene rings is 1. The van der Waals surface area contributed by atoms with Crippen LogP contribution < -0.4 is 4.74 Å². The summed E-state index contributed by atoms with van der Waals surface area (Å²) in [6, 6.07) is 19.0. The van der Waals surface area contributed by atoms with Gasteiger partial charge in [0.15, 0.2) is 0 Å². The molecule has 0 fully saturated rings. The number of nitrogens with zero attached hydrogens (tertiary/aromatic N) is 1. The second-order valence-electron chi connectivity index (χ2n) is 4.71. The molecule has 2 aromatic carbocycles. The van der Waals surface area contributed by atoms with E-state index in [1.807, 2.05) is 30.5 Å². The Morgan fingerprint density at radius 2 is 1.74 bits per heavy atom. The smallest absolute Gasteiger partial charge is 0.118 e. The van der Waals surface area contributed by atoms with E-state index in [4.69, 9.17) is 4.74 Å². The minimum Gasteiger partial charge on any atom is -0.508 e. The lowest BCUT2D eigenvalue weighted by atomic mass is 10.3. The van der Waals surface area contributed by atoms with Crippen molar-refractivity contribution in [3.8, 4) is 11.5 Å². The zero-order valence-electron chi connectivity index (χ0n) is 12.5. The molecule has 0 atom stereocenters. The lowest BCUT2D eigenvalue weighted by molar-refractivity contribution is 0.414. The van der Waals surface area contributed by atoms with Crippen molar-refractivity contribution in [2.45, 2.75) is 9.10 Å². The predicted molar refractivity (Wildman–Crippen MR) is 96.8 cm³/mol. The molecule has 0 spiro atoms. The van der Waals surface area contributed by atoms with Gasteiger partial charge in [0, 0.05) is 16.0 Å². The van der Waals surface area contributed by atoms with Crippen molar-refractivity contribution >= 4 is 35.0 Å². The second kappa shape index (κ2) is 7.35. The van der Waals surface area contributed by atoms with Crippen LogP contribution in [-0.4, -0.2) is 18.4 Å². The van der Waals surface area contributed by atoms with Crippen molar-refractivity contribution in [1.82, 2.24) is 0 Å². The van der Waals surface area contributed by atoms with Crippen LogP contribution in [0.15, 0.2) is 74.8 Å². The van der Waals surface area contributed by atoms with E-state index >= 15 is 0 Å². The van der Waals surface area contributed by atoms with Crippen LogP contribution in [0.1, 0.15) is 4.88 Å². The number of ether oxygens (including phenoxy) is 1. The van der Waals surface area contributed by atoms with E-state index in [2.05, 4.69) is 17.1 Å². The van der Waals surface area contributed by atoms with Crippen LogP contribution in [0, 0.1) is 0 Å². The summed E-state index contributed by atoms with van der Waals surface area (Å²) >= 11 is 3.41. The van der Waals surface area contributed by atoms with E-state index < -0.39 is 0 Å². The Morgan fingerprint density at radius 1 is 1.00 bits per heavy atom. The fourth-order valence-electron chi connectivity index (χ4n) is 1.90. The van der Waals surface area contributed by atoms with Gasteiger partial charge in [-0.1, -0.05) is 11.8 Å². The van der Waals surface area contributed by atoms with E-state index in [1.165, 1.54) is 9.10 Å². The highest BCUT2D eigenvalue weighted by molar-refractivity contribution is 8.01. The van der Waals surface area contributed by atoms with Gasteiger partial charge in [-0.25, -0.2) is 0 Å². The maximum atomic E-state index is 9.26. The molecular weight excluding hydrogens is 326 g/mol. The Hall–Kier alpha value is -2.24. The molecule has 0 saturated carbocycles. The van der Waals surface area contributed by atoms with Gasteiger partial charge in [0.1, 0.15) is 11.5 Å². The minimum absolute atomic E-state index is 0.248. The number of aliphatic imine (C=N–C) groups is 1. The van der Waals surface area contributed by atoms with Crippen molar-refractivity contribution in [2.24, 2.45) is 4.99 Å². The molecule has 0 unspecified atom stereocenters. The molecule has 0 aliphatic carbocycles. The van der Waals surface area contributed by atoms with Gasteiger partial charge in [-0.15, -0.1) is 11.3 Å². The quantitative estimate of drug-likeness (QED) is 0.635.